The summed E-state index contributed by atoms with van der Waals surface area (Å²) in [6, 6.07) is 6.58. The lowest BCUT2D eigenvalue weighted by atomic mass is 9.93. The van der Waals surface area contributed by atoms with Gasteiger partial charge in [0.15, 0.2) is 0 Å². The molecular formula is C15H20N2S. The first-order valence-corrected chi connectivity index (χ1v) is 7.70. The van der Waals surface area contributed by atoms with Crippen molar-refractivity contribution in [1.29, 1.82) is 0 Å². The van der Waals surface area contributed by atoms with E-state index in [-0.39, 0.29) is 0 Å². The van der Waals surface area contributed by atoms with Gasteiger partial charge in [0.25, 0.3) is 0 Å². The number of thiazole rings is 1. The van der Waals surface area contributed by atoms with Gasteiger partial charge in [-0.25, -0.2) is 4.98 Å². The molecule has 0 atom stereocenters. The Morgan fingerprint density at radius 3 is 3.00 bits per heavy atom. The first kappa shape index (κ1) is 12.1. The lowest BCUT2D eigenvalue weighted by molar-refractivity contribution is 0.354. The fourth-order valence-corrected chi connectivity index (χ4v) is 3.65. The zero-order valence-electron chi connectivity index (χ0n) is 10.9. The molecule has 0 saturated carbocycles. The molecule has 1 saturated heterocycles. The molecule has 0 spiro atoms. The van der Waals surface area contributed by atoms with E-state index in [0.717, 1.165) is 12.3 Å². The van der Waals surface area contributed by atoms with Gasteiger partial charge in [-0.3, -0.25) is 0 Å². The van der Waals surface area contributed by atoms with Gasteiger partial charge in [0.2, 0.25) is 0 Å². The molecule has 0 bridgehead atoms. The summed E-state index contributed by atoms with van der Waals surface area (Å²) in [5.41, 5.74) is 2.48. The minimum absolute atomic E-state index is 0.903. The predicted molar refractivity (Wildman–Crippen MR) is 78.3 cm³/mol. The summed E-state index contributed by atoms with van der Waals surface area (Å²) in [7, 11) is 0. The summed E-state index contributed by atoms with van der Waals surface area (Å²) in [6.45, 7) is 4.53. The summed E-state index contributed by atoms with van der Waals surface area (Å²) in [6.07, 6.45) is 5.14. The summed E-state index contributed by atoms with van der Waals surface area (Å²) < 4.78 is 1.33. The highest BCUT2D eigenvalue weighted by Gasteiger charge is 2.13. The lowest BCUT2D eigenvalue weighted by Crippen LogP contribution is -2.27. The second-order valence-electron chi connectivity index (χ2n) is 5.31. The topological polar surface area (TPSA) is 24.9 Å². The number of aromatic nitrogens is 1. The molecule has 0 amide bonds. The van der Waals surface area contributed by atoms with Crippen molar-refractivity contribution < 1.29 is 0 Å². The van der Waals surface area contributed by atoms with Crippen LogP contribution in [0, 0.1) is 12.8 Å². The van der Waals surface area contributed by atoms with Crippen LogP contribution in [-0.4, -0.2) is 18.1 Å². The molecule has 0 aliphatic carbocycles. The highest BCUT2D eigenvalue weighted by molar-refractivity contribution is 7.18. The van der Waals surface area contributed by atoms with Gasteiger partial charge in [-0.05, 0) is 69.3 Å². The Hall–Kier alpha value is -0.930. The van der Waals surface area contributed by atoms with Crippen molar-refractivity contribution in [2.24, 2.45) is 5.92 Å². The molecule has 2 heterocycles. The molecule has 1 aliphatic rings. The Labute approximate surface area is 112 Å². The molecule has 1 aliphatic heterocycles. The molecular weight excluding hydrogens is 240 g/mol. The average Bonchev–Trinajstić information content (AvgIpc) is 2.79. The number of fused-ring (bicyclic) bond motifs is 1. The molecule has 1 aromatic carbocycles. The number of rotatable bonds is 3. The Morgan fingerprint density at radius 2 is 2.17 bits per heavy atom. The van der Waals surface area contributed by atoms with Crippen LogP contribution in [0.3, 0.4) is 0 Å². The fraction of sp³-hybridized carbons (Fsp3) is 0.533. The molecule has 1 N–H and O–H groups in total. The van der Waals surface area contributed by atoms with Crippen molar-refractivity contribution in [2.45, 2.75) is 32.6 Å². The zero-order chi connectivity index (χ0) is 12.4. The molecule has 0 radical (unpaired) electrons. The van der Waals surface area contributed by atoms with Crippen LogP contribution in [-0.2, 0) is 6.42 Å². The van der Waals surface area contributed by atoms with E-state index in [2.05, 4.69) is 30.4 Å². The monoisotopic (exact) mass is 260 g/mol. The molecule has 1 fully saturated rings. The first-order chi connectivity index (χ1) is 8.81. The SMILES string of the molecule is Cc1ccc2sc(CCC3CCNCC3)nc2c1. The fourth-order valence-electron chi connectivity index (χ4n) is 2.69. The number of hydrogen-bond donors (Lipinski definition) is 1. The van der Waals surface area contributed by atoms with Crippen molar-refractivity contribution >= 4 is 21.6 Å². The van der Waals surface area contributed by atoms with E-state index in [1.54, 1.807) is 0 Å². The van der Waals surface area contributed by atoms with Crippen molar-refractivity contribution in [3.63, 3.8) is 0 Å². The summed E-state index contributed by atoms with van der Waals surface area (Å²) >= 11 is 1.87. The van der Waals surface area contributed by atoms with Crippen molar-refractivity contribution in [3.8, 4) is 0 Å². The van der Waals surface area contributed by atoms with Gasteiger partial charge in [0.05, 0.1) is 15.2 Å². The smallest absolute Gasteiger partial charge is 0.0938 e. The van der Waals surface area contributed by atoms with Crippen molar-refractivity contribution in [3.05, 3.63) is 28.8 Å². The average molecular weight is 260 g/mol. The van der Waals surface area contributed by atoms with Crippen LogP contribution in [0.1, 0.15) is 29.8 Å². The van der Waals surface area contributed by atoms with Gasteiger partial charge < -0.3 is 5.32 Å². The van der Waals surface area contributed by atoms with Gasteiger partial charge in [-0.2, -0.15) is 0 Å². The highest BCUT2D eigenvalue weighted by Crippen LogP contribution is 2.26. The van der Waals surface area contributed by atoms with Gasteiger partial charge >= 0.3 is 0 Å². The van der Waals surface area contributed by atoms with Crippen LogP contribution in [0.25, 0.3) is 10.2 Å². The Kier molecular flexibility index (Phi) is 3.62. The van der Waals surface area contributed by atoms with Crippen molar-refractivity contribution in [1.82, 2.24) is 10.3 Å². The number of piperidine rings is 1. The maximum absolute atomic E-state index is 4.76. The largest absolute Gasteiger partial charge is 0.317 e. The maximum Gasteiger partial charge on any atom is 0.0938 e. The second kappa shape index (κ2) is 5.37. The molecule has 1 aromatic heterocycles. The molecule has 2 aromatic rings. The van der Waals surface area contributed by atoms with E-state index in [9.17, 15) is 0 Å². The van der Waals surface area contributed by atoms with E-state index in [0.29, 0.717) is 0 Å². The molecule has 0 unspecified atom stereocenters. The zero-order valence-corrected chi connectivity index (χ0v) is 11.7. The third kappa shape index (κ3) is 2.73. The van der Waals surface area contributed by atoms with Crippen LogP contribution in [0.2, 0.25) is 0 Å². The van der Waals surface area contributed by atoms with Crippen molar-refractivity contribution in [2.75, 3.05) is 13.1 Å². The molecule has 3 heteroatoms. The minimum Gasteiger partial charge on any atom is -0.317 e. The third-order valence-corrected chi connectivity index (χ3v) is 4.91. The number of aryl methyl sites for hydroxylation is 2. The highest BCUT2D eigenvalue weighted by atomic mass is 32.1. The van der Waals surface area contributed by atoms with Gasteiger partial charge in [-0.1, -0.05) is 6.07 Å². The lowest BCUT2D eigenvalue weighted by Gasteiger charge is -2.21. The minimum atomic E-state index is 0.903. The number of nitrogens with one attached hydrogen (secondary N) is 1. The van der Waals surface area contributed by atoms with Crippen LogP contribution in [0.15, 0.2) is 18.2 Å². The first-order valence-electron chi connectivity index (χ1n) is 6.88. The number of hydrogen-bond acceptors (Lipinski definition) is 3. The molecule has 2 nitrogen and oxygen atoms in total. The van der Waals surface area contributed by atoms with E-state index >= 15 is 0 Å². The standard InChI is InChI=1S/C15H20N2S/c1-11-2-4-14-13(10-11)17-15(18-14)5-3-12-6-8-16-9-7-12/h2,4,10,12,16H,3,5-9H2,1H3. The maximum atomic E-state index is 4.76. The predicted octanol–water partition coefficient (Wildman–Crippen LogP) is 3.54. The molecule has 18 heavy (non-hydrogen) atoms. The Morgan fingerprint density at radius 1 is 1.33 bits per heavy atom. The molecule has 96 valence electrons. The molecule has 3 rings (SSSR count). The summed E-state index contributed by atoms with van der Waals surface area (Å²) in [5, 5.41) is 4.74. The quantitative estimate of drug-likeness (QED) is 0.913. The summed E-state index contributed by atoms with van der Waals surface area (Å²) in [4.78, 5) is 4.76. The van der Waals surface area contributed by atoms with E-state index in [4.69, 9.17) is 4.98 Å². The van der Waals surface area contributed by atoms with Crippen LogP contribution < -0.4 is 5.32 Å². The number of nitrogens with zero attached hydrogens (tertiary/aromatic N) is 1. The van der Waals surface area contributed by atoms with Gasteiger partial charge in [-0.15, -0.1) is 11.3 Å². The van der Waals surface area contributed by atoms with Crippen LogP contribution in [0.4, 0.5) is 0 Å². The van der Waals surface area contributed by atoms with Crippen LogP contribution >= 0.6 is 11.3 Å². The third-order valence-electron chi connectivity index (χ3n) is 3.81. The Bertz CT molecular complexity index is 526. The Balaban J connectivity index is 1.67. The summed E-state index contributed by atoms with van der Waals surface area (Å²) in [5.74, 6) is 0.903. The van der Waals surface area contributed by atoms with Gasteiger partial charge in [0, 0.05) is 0 Å². The van der Waals surface area contributed by atoms with Gasteiger partial charge in [0.1, 0.15) is 0 Å². The van der Waals surface area contributed by atoms with E-state index in [1.807, 2.05) is 11.3 Å². The normalized spacial score (nSPS) is 17.4. The number of benzene rings is 1. The van der Waals surface area contributed by atoms with E-state index in [1.165, 1.54) is 53.1 Å². The second-order valence-corrected chi connectivity index (χ2v) is 6.43. The van der Waals surface area contributed by atoms with Crippen LogP contribution in [0.5, 0.6) is 0 Å². The van der Waals surface area contributed by atoms with E-state index < -0.39 is 0 Å².